The molecule has 0 aliphatic heterocycles. The Balaban J connectivity index is 2.29. The molecule has 1 heterocycles. The molecular formula is C17H16BrN5O2S. The van der Waals surface area contributed by atoms with Gasteiger partial charge in [-0.05, 0) is 37.3 Å². The monoisotopic (exact) mass is 433 g/mol. The van der Waals surface area contributed by atoms with E-state index in [1.165, 1.54) is 10.2 Å². The Morgan fingerprint density at radius 3 is 2.42 bits per heavy atom. The molecule has 0 spiro atoms. The lowest BCUT2D eigenvalue weighted by Gasteiger charge is -2.07. The summed E-state index contributed by atoms with van der Waals surface area (Å²) in [6, 6.07) is 13.6. The molecule has 0 amide bonds. The standard InChI is InChI=1S/C17H16BrN5O2S/c1-11(21-22-17(19)20)15-10-23(16-8-7-12(18)9-14(15)16)26(24,25)13-5-3-2-4-6-13/h2-10H,1H3,(H4,19,20,22)/b21-11-. The molecule has 0 radical (unpaired) electrons. The van der Waals surface area contributed by atoms with Crippen molar-refractivity contribution >= 4 is 48.5 Å². The maximum atomic E-state index is 13.1. The van der Waals surface area contributed by atoms with E-state index in [1.54, 1.807) is 49.4 Å². The third-order valence-electron chi connectivity index (χ3n) is 3.74. The van der Waals surface area contributed by atoms with Gasteiger partial charge in [-0.15, -0.1) is 5.10 Å². The van der Waals surface area contributed by atoms with Gasteiger partial charge < -0.3 is 11.5 Å². The Bertz CT molecular complexity index is 1130. The Morgan fingerprint density at radius 1 is 1.08 bits per heavy atom. The highest BCUT2D eigenvalue weighted by molar-refractivity contribution is 9.10. The van der Waals surface area contributed by atoms with Crippen LogP contribution >= 0.6 is 15.9 Å². The minimum atomic E-state index is -3.76. The van der Waals surface area contributed by atoms with Crippen molar-refractivity contribution in [1.82, 2.24) is 3.97 Å². The van der Waals surface area contributed by atoms with E-state index >= 15 is 0 Å². The minimum Gasteiger partial charge on any atom is -0.369 e. The highest BCUT2D eigenvalue weighted by Crippen LogP contribution is 2.29. The van der Waals surface area contributed by atoms with Crippen molar-refractivity contribution in [2.45, 2.75) is 11.8 Å². The Hall–Kier alpha value is -2.65. The molecule has 3 rings (SSSR count). The van der Waals surface area contributed by atoms with E-state index in [0.29, 0.717) is 22.2 Å². The van der Waals surface area contributed by atoms with Gasteiger partial charge in [0.05, 0.1) is 16.1 Å². The zero-order valence-corrected chi connectivity index (χ0v) is 16.2. The van der Waals surface area contributed by atoms with Crippen LogP contribution in [0.25, 0.3) is 10.9 Å². The molecule has 0 unspecified atom stereocenters. The number of nitrogens with two attached hydrogens (primary N) is 2. The van der Waals surface area contributed by atoms with Gasteiger partial charge in [-0.2, -0.15) is 5.10 Å². The second-order valence-electron chi connectivity index (χ2n) is 5.53. The summed E-state index contributed by atoms with van der Waals surface area (Å²) < 4.78 is 28.2. The van der Waals surface area contributed by atoms with Crippen LogP contribution in [0.1, 0.15) is 12.5 Å². The van der Waals surface area contributed by atoms with Crippen molar-refractivity contribution in [3.8, 4) is 0 Å². The predicted molar refractivity (Wildman–Crippen MR) is 107 cm³/mol. The number of nitrogens with zero attached hydrogens (tertiary/aromatic N) is 3. The number of aromatic nitrogens is 1. The van der Waals surface area contributed by atoms with Gasteiger partial charge >= 0.3 is 0 Å². The van der Waals surface area contributed by atoms with Gasteiger partial charge in [-0.25, -0.2) is 12.4 Å². The number of halogens is 1. The van der Waals surface area contributed by atoms with Crippen molar-refractivity contribution in [3.63, 3.8) is 0 Å². The number of hydrogen-bond acceptors (Lipinski definition) is 4. The van der Waals surface area contributed by atoms with Gasteiger partial charge in [0, 0.05) is 21.6 Å². The highest BCUT2D eigenvalue weighted by Gasteiger charge is 2.22. The average Bonchev–Trinajstić information content (AvgIpc) is 3.00. The van der Waals surface area contributed by atoms with E-state index in [4.69, 9.17) is 11.5 Å². The third-order valence-corrected chi connectivity index (χ3v) is 5.92. The molecule has 0 atom stereocenters. The Kier molecular flexibility index (Phi) is 4.84. The average molecular weight is 434 g/mol. The zero-order valence-electron chi connectivity index (χ0n) is 13.8. The predicted octanol–water partition coefficient (Wildman–Crippen LogP) is 2.64. The maximum absolute atomic E-state index is 13.1. The van der Waals surface area contributed by atoms with Crippen molar-refractivity contribution in [2.75, 3.05) is 0 Å². The topological polar surface area (TPSA) is 116 Å². The molecule has 0 bridgehead atoms. The maximum Gasteiger partial charge on any atom is 0.268 e. The van der Waals surface area contributed by atoms with Crippen LogP contribution < -0.4 is 11.5 Å². The molecule has 4 N–H and O–H groups in total. The van der Waals surface area contributed by atoms with Gasteiger partial charge in [-0.1, -0.05) is 34.1 Å². The number of benzene rings is 2. The van der Waals surface area contributed by atoms with Crippen LogP contribution in [0.2, 0.25) is 0 Å². The van der Waals surface area contributed by atoms with Crippen molar-refractivity contribution < 1.29 is 8.42 Å². The summed E-state index contributed by atoms with van der Waals surface area (Å²) in [5, 5.41) is 8.34. The summed E-state index contributed by atoms with van der Waals surface area (Å²) in [4.78, 5) is 0.199. The molecule has 0 fully saturated rings. The summed E-state index contributed by atoms with van der Waals surface area (Å²) in [6.45, 7) is 1.71. The Morgan fingerprint density at radius 2 is 1.77 bits per heavy atom. The normalized spacial score (nSPS) is 12.3. The first-order valence-corrected chi connectivity index (χ1v) is 9.79. The SMILES string of the molecule is C/C(=N/N=C(N)N)c1cn(S(=O)(=O)c2ccccc2)c2ccc(Br)cc12. The number of rotatable bonds is 4. The highest BCUT2D eigenvalue weighted by atomic mass is 79.9. The lowest BCUT2D eigenvalue weighted by Crippen LogP contribution is -2.22. The second kappa shape index (κ2) is 6.93. The van der Waals surface area contributed by atoms with Gasteiger partial charge in [0.2, 0.25) is 5.96 Å². The molecule has 0 saturated carbocycles. The molecule has 0 aliphatic carbocycles. The molecule has 26 heavy (non-hydrogen) atoms. The van der Waals surface area contributed by atoms with E-state index in [0.717, 1.165) is 4.47 Å². The smallest absolute Gasteiger partial charge is 0.268 e. The lowest BCUT2D eigenvalue weighted by atomic mass is 10.1. The molecule has 0 saturated heterocycles. The van der Waals surface area contributed by atoms with E-state index in [1.807, 2.05) is 6.07 Å². The summed E-state index contributed by atoms with van der Waals surface area (Å²) >= 11 is 3.42. The number of hydrogen-bond donors (Lipinski definition) is 2. The van der Waals surface area contributed by atoms with Crippen LogP contribution in [-0.4, -0.2) is 24.1 Å². The van der Waals surface area contributed by atoms with Crippen molar-refractivity contribution in [3.05, 3.63) is 64.8 Å². The van der Waals surface area contributed by atoms with E-state index in [2.05, 4.69) is 26.1 Å². The third kappa shape index (κ3) is 3.35. The molecule has 1 aromatic heterocycles. The molecule has 7 nitrogen and oxygen atoms in total. The fourth-order valence-corrected chi connectivity index (χ4v) is 4.30. The molecule has 9 heteroatoms. The molecule has 3 aromatic rings. The molecule has 2 aromatic carbocycles. The second-order valence-corrected chi connectivity index (χ2v) is 8.26. The summed E-state index contributed by atoms with van der Waals surface area (Å²) in [6.07, 6.45) is 1.53. The van der Waals surface area contributed by atoms with Gasteiger partial charge in [0.1, 0.15) is 0 Å². The zero-order chi connectivity index (χ0) is 18.9. The summed E-state index contributed by atoms with van der Waals surface area (Å²) in [5.74, 6) is -0.175. The quantitative estimate of drug-likeness (QED) is 0.373. The molecule has 0 aliphatic rings. The van der Waals surface area contributed by atoms with E-state index < -0.39 is 10.0 Å². The van der Waals surface area contributed by atoms with Crippen LogP contribution in [-0.2, 0) is 10.0 Å². The lowest BCUT2D eigenvalue weighted by molar-refractivity contribution is 0.589. The van der Waals surface area contributed by atoms with Crippen LogP contribution in [0.5, 0.6) is 0 Å². The largest absolute Gasteiger partial charge is 0.369 e. The van der Waals surface area contributed by atoms with E-state index in [-0.39, 0.29) is 10.9 Å². The number of fused-ring (bicyclic) bond motifs is 1. The first-order valence-electron chi connectivity index (χ1n) is 7.55. The fraction of sp³-hybridized carbons (Fsp3) is 0.0588. The summed E-state index contributed by atoms with van der Waals surface area (Å²) in [7, 11) is -3.76. The van der Waals surface area contributed by atoms with Gasteiger partial charge in [0.15, 0.2) is 0 Å². The molecular weight excluding hydrogens is 418 g/mol. The van der Waals surface area contributed by atoms with E-state index in [9.17, 15) is 8.42 Å². The first-order chi connectivity index (χ1) is 12.3. The van der Waals surface area contributed by atoms with Crippen molar-refractivity contribution in [1.29, 1.82) is 0 Å². The fourth-order valence-electron chi connectivity index (χ4n) is 2.55. The minimum absolute atomic E-state index is 0.175. The van der Waals surface area contributed by atoms with Gasteiger partial charge in [0.25, 0.3) is 10.0 Å². The first kappa shape index (κ1) is 18.2. The summed E-state index contributed by atoms with van der Waals surface area (Å²) in [5.41, 5.74) is 12.3. The van der Waals surface area contributed by atoms with Crippen LogP contribution in [0, 0.1) is 0 Å². The number of guanidine groups is 1. The van der Waals surface area contributed by atoms with Crippen LogP contribution in [0.15, 0.2) is 74.3 Å². The van der Waals surface area contributed by atoms with Crippen LogP contribution in [0.3, 0.4) is 0 Å². The Labute approximate surface area is 159 Å². The molecule has 134 valence electrons. The van der Waals surface area contributed by atoms with Gasteiger partial charge in [-0.3, -0.25) is 0 Å². The van der Waals surface area contributed by atoms with Crippen molar-refractivity contribution in [2.24, 2.45) is 21.7 Å². The van der Waals surface area contributed by atoms with Crippen LogP contribution in [0.4, 0.5) is 0 Å².